The summed E-state index contributed by atoms with van der Waals surface area (Å²) in [6.07, 6.45) is 4.15. The molecule has 0 aliphatic carbocycles. The van der Waals surface area contributed by atoms with Gasteiger partial charge >= 0.3 is 0 Å². The fourth-order valence-electron chi connectivity index (χ4n) is 3.20. The lowest BCUT2D eigenvalue weighted by molar-refractivity contribution is 0.289. The molecule has 0 spiro atoms. The van der Waals surface area contributed by atoms with Crippen LogP contribution in [0.25, 0.3) is 0 Å². The van der Waals surface area contributed by atoms with Crippen molar-refractivity contribution in [2.24, 2.45) is 0 Å². The third-order valence-corrected chi connectivity index (χ3v) is 6.66. The number of nitrogens with zero attached hydrogens (tertiary/aromatic N) is 2. The number of hydrogen-bond acceptors (Lipinski definition) is 5. The van der Waals surface area contributed by atoms with Crippen molar-refractivity contribution >= 4 is 10.0 Å². The fourth-order valence-corrected chi connectivity index (χ4v) is 5.01. The lowest BCUT2D eigenvalue weighted by atomic mass is 10.1. The smallest absolute Gasteiger partial charge is 0.246 e. The van der Waals surface area contributed by atoms with Gasteiger partial charge in [-0.05, 0) is 38.8 Å². The first-order chi connectivity index (χ1) is 11.5. The Kier molecular flexibility index (Phi) is 5.07. The third-order valence-electron chi connectivity index (χ3n) is 4.50. The van der Waals surface area contributed by atoms with Crippen molar-refractivity contribution in [2.75, 3.05) is 19.6 Å². The summed E-state index contributed by atoms with van der Waals surface area (Å²) in [6.45, 7) is 5.37. The summed E-state index contributed by atoms with van der Waals surface area (Å²) in [5, 5.41) is 10.2. The van der Waals surface area contributed by atoms with Gasteiger partial charge in [0.1, 0.15) is 10.7 Å². The molecule has 132 valence electrons. The molecule has 7 nitrogen and oxygen atoms in total. The van der Waals surface area contributed by atoms with E-state index < -0.39 is 10.0 Å². The van der Waals surface area contributed by atoms with Crippen LogP contribution in [-0.2, 0) is 16.4 Å². The van der Waals surface area contributed by atoms with E-state index in [2.05, 4.69) is 15.5 Å². The van der Waals surface area contributed by atoms with Crippen molar-refractivity contribution in [2.45, 2.75) is 44.0 Å². The number of aromatic amines is 1. The minimum Gasteiger partial charge on any atom is -0.469 e. The Labute approximate surface area is 142 Å². The maximum Gasteiger partial charge on any atom is 0.246 e. The van der Waals surface area contributed by atoms with Crippen molar-refractivity contribution in [3.8, 4) is 0 Å². The Hall–Kier alpha value is -1.64. The van der Waals surface area contributed by atoms with Crippen molar-refractivity contribution in [1.29, 1.82) is 0 Å². The van der Waals surface area contributed by atoms with Crippen LogP contribution >= 0.6 is 0 Å². The third kappa shape index (κ3) is 3.55. The largest absolute Gasteiger partial charge is 0.469 e. The molecule has 0 unspecified atom stereocenters. The normalized spacial score (nSPS) is 17.4. The number of piperidine rings is 1. The first-order valence-electron chi connectivity index (χ1n) is 8.26. The molecule has 0 radical (unpaired) electrons. The van der Waals surface area contributed by atoms with Crippen LogP contribution < -0.4 is 5.32 Å². The lowest BCUT2D eigenvalue weighted by Gasteiger charge is -2.31. The summed E-state index contributed by atoms with van der Waals surface area (Å²) in [4.78, 5) is 0.326. The van der Waals surface area contributed by atoms with E-state index in [9.17, 15) is 8.42 Å². The van der Waals surface area contributed by atoms with Crippen molar-refractivity contribution in [3.63, 3.8) is 0 Å². The standard InChI is InChI=1S/C16H24N4O3S/c1-12-16(13(2)19-18-12)24(21,22)20-9-6-14(7-10-20)17-8-5-15-4-3-11-23-15/h3-4,11,14,17H,5-10H2,1-2H3,(H,18,19). The van der Waals surface area contributed by atoms with Crippen molar-refractivity contribution < 1.29 is 12.8 Å². The highest BCUT2D eigenvalue weighted by molar-refractivity contribution is 7.89. The molecule has 0 saturated carbocycles. The average Bonchev–Trinajstić information content (AvgIpc) is 3.18. The summed E-state index contributed by atoms with van der Waals surface area (Å²) >= 11 is 0. The summed E-state index contributed by atoms with van der Waals surface area (Å²) in [6, 6.07) is 4.20. The van der Waals surface area contributed by atoms with Gasteiger partial charge in [-0.15, -0.1) is 0 Å². The van der Waals surface area contributed by atoms with Crippen LogP contribution in [0.15, 0.2) is 27.7 Å². The van der Waals surface area contributed by atoms with Gasteiger partial charge in [0.05, 0.1) is 17.7 Å². The van der Waals surface area contributed by atoms with Gasteiger partial charge in [-0.3, -0.25) is 5.10 Å². The summed E-state index contributed by atoms with van der Waals surface area (Å²) in [5.74, 6) is 0.966. The van der Waals surface area contributed by atoms with Crippen LogP contribution in [0, 0.1) is 13.8 Å². The van der Waals surface area contributed by atoms with E-state index in [-0.39, 0.29) is 0 Å². The summed E-state index contributed by atoms with van der Waals surface area (Å²) in [7, 11) is -3.46. The zero-order valence-corrected chi connectivity index (χ0v) is 14.9. The molecule has 2 aromatic heterocycles. The number of nitrogens with one attached hydrogen (secondary N) is 2. The van der Waals surface area contributed by atoms with Gasteiger partial charge in [-0.25, -0.2) is 8.42 Å². The predicted molar refractivity (Wildman–Crippen MR) is 90.3 cm³/mol. The Morgan fingerprint density at radius 2 is 2.12 bits per heavy atom. The molecule has 1 aliphatic heterocycles. The monoisotopic (exact) mass is 352 g/mol. The average molecular weight is 352 g/mol. The zero-order chi connectivity index (χ0) is 17.2. The van der Waals surface area contributed by atoms with E-state index >= 15 is 0 Å². The van der Waals surface area contributed by atoms with E-state index in [0.29, 0.717) is 35.4 Å². The molecule has 1 saturated heterocycles. The Morgan fingerprint density at radius 1 is 1.38 bits per heavy atom. The molecule has 0 aromatic carbocycles. The molecular formula is C16H24N4O3S. The van der Waals surface area contributed by atoms with Gasteiger partial charge in [0, 0.05) is 32.1 Å². The second kappa shape index (κ2) is 7.08. The van der Waals surface area contributed by atoms with Gasteiger partial charge in [-0.2, -0.15) is 9.40 Å². The highest BCUT2D eigenvalue weighted by Crippen LogP contribution is 2.24. The molecule has 1 fully saturated rings. The zero-order valence-electron chi connectivity index (χ0n) is 14.1. The Morgan fingerprint density at radius 3 is 2.71 bits per heavy atom. The number of aryl methyl sites for hydroxylation is 2. The molecule has 24 heavy (non-hydrogen) atoms. The maximum absolute atomic E-state index is 12.8. The maximum atomic E-state index is 12.8. The molecule has 8 heteroatoms. The second-order valence-electron chi connectivity index (χ2n) is 6.22. The SMILES string of the molecule is Cc1n[nH]c(C)c1S(=O)(=O)N1CCC(NCCc2ccco2)CC1. The first-order valence-corrected chi connectivity index (χ1v) is 9.70. The van der Waals surface area contributed by atoms with E-state index in [4.69, 9.17) is 4.42 Å². The van der Waals surface area contributed by atoms with Crippen LogP contribution in [0.1, 0.15) is 30.0 Å². The first kappa shape index (κ1) is 17.2. The summed E-state index contributed by atoms with van der Waals surface area (Å²) in [5.41, 5.74) is 1.14. The number of hydrogen-bond donors (Lipinski definition) is 2. The van der Waals surface area contributed by atoms with E-state index in [0.717, 1.165) is 31.6 Å². The minimum atomic E-state index is -3.46. The molecule has 2 aromatic rings. The molecule has 0 amide bonds. The lowest BCUT2D eigenvalue weighted by Crippen LogP contribution is -2.45. The number of H-pyrrole nitrogens is 1. The minimum absolute atomic E-state index is 0.326. The molecular weight excluding hydrogens is 328 g/mol. The van der Waals surface area contributed by atoms with Gasteiger partial charge in [-0.1, -0.05) is 0 Å². The Bertz CT molecular complexity index is 740. The predicted octanol–water partition coefficient (Wildman–Crippen LogP) is 1.60. The van der Waals surface area contributed by atoms with Gasteiger partial charge in [0.15, 0.2) is 0 Å². The summed E-state index contributed by atoms with van der Waals surface area (Å²) < 4.78 is 32.5. The van der Waals surface area contributed by atoms with Crippen LogP contribution in [0.3, 0.4) is 0 Å². The molecule has 0 bridgehead atoms. The van der Waals surface area contributed by atoms with Crippen molar-refractivity contribution in [1.82, 2.24) is 19.8 Å². The molecule has 3 rings (SSSR count). The van der Waals surface area contributed by atoms with E-state index in [1.54, 1.807) is 24.4 Å². The number of aromatic nitrogens is 2. The quantitative estimate of drug-likeness (QED) is 0.824. The Balaban J connectivity index is 1.53. The number of rotatable bonds is 6. The van der Waals surface area contributed by atoms with Gasteiger partial charge in [0.2, 0.25) is 10.0 Å². The number of sulfonamides is 1. The van der Waals surface area contributed by atoms with Crippen LogP contribution in [0.2, 0.25) is 0 Å². The molecule has 1 aliphatic rings. The van der Waals surface area contributed by atoms with Crippen molar-refractivity contribution in [3.05, 3.63) is 35.5 Å². The fraction of sp³-hybridized carbons (Fsp3) is 0.562. The van der Waals surface area contributed by atoms with E-state index in [1.807, 2.05) is 12.1 Å². The molecule has 2 N–H and O–H groups in total. The second-order valence-corrected chi connectivity index (χ2v) is 8.10. The van der Waals surface area contributed by atoms with Crippen LogP contribution in [-0.4, -0.2) is 48.6 Å². The molecule has 0 atom stereocenters. The van der Waals surface area contributed by atoms with Gasteiger partial charge < -0.3 is 9.73 Å². The van der Waals surface area contributed by atoms with E-state index in [1.165, 1.54) is 0 Å². The number of furan rings is 1. The van der Waals surface area contributed by atoms with Crippen LogP contribution in [0.5, 0.6) is 0 Å². The van der Waals surface area contributed by atoms with Gasteiger partial charge in [0.25, 0.3) is 0 Å². The highest BCUT2D eigenvalue weighted by atomic mass is 32.2. The topological polar surface area (TPSA) is 91.2 Å². The molecule has 3 heterocycles. The highest BCUT2D eigenvalue weighted by Gasteiger charge is 2.32. The van der Waals surface area contributed by atoms with Crippen LogP contribution in [0.4, 0.5) is 0 Å².